The predicted octanol–water partition coefficient (Wildman–Crippen LogP) is 1.81. The molecule has 0 aliphatic rings. The number of hydrogen-bond donors (Lipinski definition) is 0. The first-order valence-electron chi connectivity index (χ1n) is 3.92. The third-order valence-electron chi connectivity index (χ3n) is 1.71. The smallest absolute Gasteiger partial charge is 0.385 e. The van der Waals surface area contributed by atoms with E-state index >= 15 is 0 Å². The van der Waals surface area contributed by atoms with Gasteiger partial charge in [0.2, 0.25) is 5.69 Å². The molecular formula is C8H5F2N3O3. The summed E-state index contributed by atoms with van der Waals surface area (Å²) in [6.07, 6.45) is -2.97. The van der Waals surface area contributed by atoms with Crippen molar-refractivity contribution in [1.82, 2.24) is 4.98 Å². The highest BCUT2D eigenvalue weighted by atomic mass is 19.3. The zero-order valence-electron chi connectivity index (χ0n) is 7.98. The van der Waals surface area contributed by atoms with E-state index in [0.717, 1.165) is 13.2 Å². The molecule has 0 unspecified atom stereocenters. The Bertz CT molecular complexity index is 470. The predicted molar refractivity (Wildman–Crippen MR) is 47.1 cm³/mol. The van der Waals surface area contributed by atoms with Gasteiger partial charge in [0.15, 0.2) is 5.56 Å². The summed E-state index contributed by atoms with van der Waals surface area (Å²) in [7, 11) is 1.12. The number of pyridine rings is 1. The van der Waals surface area contributed by atoms with Crippen molar-refractivity contribution in [2.24, 2.45) is 0 Å². The van der Waals surface area contributed by atoms with Gasteiger partial charge in [-0.05, 0) is 9.91 Å². The number of hydrogen-bond acceptors (Lipinski definition) is 5. The Kier molecular flexibility index (Phi) is 3.30. The average molecular weight is 229 g/mol. The van der Waals surface area contributed by atoms with Gasteiger partial charge in [0.1, 0.15) is 11.8 Å². The maximum atomic E-state index is 12.3. The molecule has 0 atom stereocenters. The zero-order chi connectivity index (χ0) is 12.3. The number of aromatic nitrogens is 1. The Balaban J connectivity index is 3.51. The summed E-state index contributed by atoms with van der Waals surface area (Å²) < 4.78 is 29.3. The molecule has 84 valence electrons. The van der Waals surface area contributed by atoms with Crippen LogP contribution in [0.4, 0.5) is 14.6 Å². The lowest BCUT2D eigenvalue weighted by Crippen LogP contribution is -2.03. The molecule has 0 aromatic carbocycles. The molecule has 0 amide bonds. The molecule has 0 fully saturated rings. The van der Waals surface area contributed by atoms with Crippen LogP contribution in [0.5, 0.6) is 5.75 Å². The fraction of sp³-hybridized carbons (Fsp3) is 0.250. The molecule has 0 radical (unpaired) electrons. The molecule has 1 aromatic rings. The van der Waals surface area contributed by atoms with Gasteiger partial charge in [-0.25, -0.2) is 8.78 Å². The molecule has 0 N–H and O–H groups in total. The highest BCUT2D eigenvalue weighted by Crippen LogP contribution is 2.30. The Morgan fingerprint density at radius 3 is 2.69 bits per heavy atom. The standard InChI is InChI=1S/C8H5F2N3O3/c1-16-6-2-5(7(9)10)12-8(13(14)15)4(6)3-11/h2,7H,1H3. The molecule has 1 rings (SSSR count). The molecule has 6 nitrogen and oxygen atoms in total. The van der Waals surface area contributed by atoms with Gasteiger partial charge in [-0.1, -0.05) is 0 Å². The quantitative estimate of drug-likeness (QED) is 0.582. The third-order valence-corrected chi connectivity index (χ3v) is 1.71. The average Bonchev–Trinajstić information content (AvgIpc) is 2.26. The summed E-state index contributed by atoms with van der Waals surface area (Å²) in [4.78, 5) is 12.6. The minimum absolute atomic E-state index is 0.292. The van der Waals surface area contributed by atoms with Crippen LogP contribution in [0.1, 0.15) is 17.7 Å². The fourth-order valence-corrected chi connectivity index (χ4v) is 1.04. The molecule has 0 aliphatic carbocycles. The highest BCUT2D eigenvalue weighted by molar-refractivity contribution is 5.54. The number of rotatable bonds is 3. The Hall–Kier alpha value is -2.30. The SMILES string of the molecule is COc1cc(C(F)F)nc([N+](=O)[O-])c1C#N. The van der Waals surface area contributed by atoms with Crippen LogP contribution in [0.3, 0.4) is 0 Å². The van der Waals surface area contributed by atoms with E-state index in [1.165, 1.54) is 6.07 Å². The Morgan fingerprint density at radius 1 is 1.69 bits per heavy atom. The third kappa shape index (κ3) is 2.03. The van der Waals surface area contributed by atoms with Gasteiger partial charge >= 0.3 is 12.2 Å². The van der Waals surface area contributed by atoms with Gasteiger partial charge in [0.25, 0.3) is 0 Å². The lowest BCUT2D eigenvalue weighted by molar-refractivity contribution is -0.390. The van der Waals surface area contributed by atoms with Crippen LogP contribution in [0.15, 0.2) is 6.07 Å². The van der Waals surface area contributed by atoms with Gasteiger partial charge < -0.3 is 14.9 Å². The Labute approximate surface area is 88.2 Å². The van der Waals surface area contributed by atoms with Crippen LogP contribution in [0.2, 0.25) is 0 Å². The number of ether oxygens (including phenoxy) is 1. The van der Waals surface area contributed by atoms with Crippen molar-refractivity contribution in [3.05, 3.63) is 27.4 Å². The lowest BCUT2D eigenvalue weighted by Gasteiger charge is -2.03. The van der Waals surface area contributed by atoms with E-state index in [2.05, 4.69) is 9.72 Å². The van der Waals surface area contributed by atoms with Crippen LogP contribution < -0.4 is 4.74 Å². The topological polar surface area (TPSA) is 89.1 Å². The molecule has 8 heteroatoms. The van der Waals surface area contributed by atoms with Crippen LogP contribution >= 0.6 is 0 Å². The number of nitro groups is 1. The Morgan fingerprint density at radius 2 is 2.31 bits per heavy atom. The molecule has 1 heterocycles. The highest BCUT2D eigenvalue weighted by Gasteiger charge is 2.27. The van der Waals surface area contributed by atoms with Crippen molar-refractivity contribution in [3.63, 3.8) is 0 Å². The van der Waals surface area contributed by atoms with Crippen molar-refractivity contribution in [2.45, 2.75) is 6.43 Å². The molecule has 0 saturated heterocycles. The zero-order valence-corrected chi connectivity index (χ0v) is 7.98. The summed E-state index contributed by atoms with van der Waals surface area (Å²) in [5, 5.41) is 19.2. The second kappa shape index (κ2) is 4.48. The van der Waals surface area contributed by atoms with E-state index in [4.69, 9.17) is 5.26 Å². The number of alkyl halides is 2. The summed E-state index contributed by atoms with van der Waals surface area (Å²) >= 11 is 0. The maximum Gasteiger partial charge on any atom is 0.385 e. The molecule has 16 heavy (non-hydrogen) atoms. The first kappa shape index (κ1) is 11.8. The van der Waals surface area contributed by atoms with Gasteiger partial charge in [0.05, 0.1) is 7.11 Å². The number of methoxy groups -OCH3 is 1. The van der Waals surface area contributed by atoms with E-state index in [1.807, 2.05) is 0 Å². The van der Waals surface area contributed by atoms with Crippen LogP contribution in [0.25, 0.3) is 0 Å². The van der Waals surface area contributed by atoms with Gasteiger partial charge in [0, 0.05) is 6.07 Å². The number of nitriles is 1. The number of halogens is 2. The van der Waals surface area contributed by atoms with Crippen LogP contribution in [0, 0.1) is 21.4 Å². The van der Waals surface area contributed by atoms with Crippen LogP contribution in [-0.2, 0) is 0 Å². The van der Waals surface area contributed by atoms with Gasteiger partial charge in [-0.15, -0.1) is 0 Å². The van der Waals surface area contributed by atoms with Crippen molar-refractivity contribution in [3.8, 4) is 11.8 Å². The van der Waals surface area contributed by atoms with E-state index in [1.54, 1.807) is 0 Å². The largest absolute Gasteiger partial charge is 0.495 e. The van der Waals surface area contributed by atoms with E-state index in [9.17, 15) is 18.9 Å². The summed E-state index contributed by atoms with van der Waals surface area (Å²) in [5.74, 6) is -1.23. The van der Waals surface area contributed by atoms with E-state index < -0.39 is 28.4 Å². The van der Waals surface area contributed by atoms with Crippen molar-refractivity contribution < 1.29 is 18.4 Å². The minimum Gasteiger partial charge on any atom is -0.495 e. The molecular weight excluding hydrogens is 224 g/mol. The first-order chi connectivity index (χ1) is 7.51. The monoisotopic (exact) mass is 229 g/mol. The molecule has 0 bridgehead atoms. The normalized spacial score (nSPS) is 9.94. The lowest BCUT2D eigenvalue weighted by atomic mass is 10.2. The number of nitrogens with zero attached hydrogens (tertiary/aromatic N) is 3. The maximum absolute atomic E-state index is 12.3. The first-order valence-corrected chi connectivity index (χ1v) is 3.92. The van der Waals surface area contributed by atoms with Gasteiger partial charge in [-0.2, -0.15) is 5.26 Å². The summed E-state index contributed by atoms with van der Waals surface area (Å²) in [5.41, 5.74) is -1.28. The van der Waals surface area contributed by atoms with Crippen molar-refractivity contribution in [2.75, 3.05) is 7.11 Å². The fourth-order valence-electron chi connectivity index (χ4n) is 1.04. The van der Waals surface area contributed by atoms with Crippen molar-refractivity contribution >= 4 is 5.82 Å². The minimum atomic E-state index is -2.97. The van der Waals surface area contributed by atoms with Crippen LogP contribution in [-0.4, -0.2) is 17.0 Å². The van der Waals surface area contributed by atoms with E-state index in [0.29, 0.717) is 0 Å². The molecule has 1 aromatic heterocycles. The summed E-state index contributed by atoms with van der Waals surface area (Å²) in [6.45, 7) is 0. The second-order valence-corrected chi connectivity index (χ2v) is 2.62. The second-order valence-electron chi connectivity index (χ2n) is 2.62. The summed E-state index contributed by atoms with van der Waals surface area (Å²) in [6, 6.07) is 2.29. The molecule has 0 aliphatic heterocycles. The van der Waals surface area contributed by atoms with Gasteiger partial charge in [-0.3, -0.25) is 0 Å². The molecule has 0 saturated carbocycles. The molecule has 0 spiro atoms. The van der Waals surface area contributed by atoms with Crippen molar-refractivity contribution in [1.29, 1.82) is 5.26 Å². The van der Waals surface area contributed by atoms with E-state index in [-0.39, 0.29) is 5.75 Å².